The molecule has 51 heavy (non-hydrogen) atoms. The molecule has 3 fully saturated rings. The fourth-order valence-corrected chi connectivity index (χ4v) is 6.69. The van der Waals surface area contributed by atoms with Gasteiger partial charge in [-0.1, -0.05) is 13.8 Å². The Morgan fingerprint density at radius 2 is 1.31 bits per heavy atom. The number of anilines is 4. The number of benzene rings is 2. The van der Waals surface area contributed by atoms with E-state index in [1.807, 2.05) is 47.9 Å². The number of morpholine rings is 1. The van der Waals surface area contributed by atoms with Gasteiger partial charge in [-0.3, -0.25) is 9.59 Å². The maximum absolute atomic E-state index is 13.0. The van der Waals surface area contributed by atoms with Gasteiger partial charge >= 0.3 is 6.03 Å². The molecule has 4 amide bonds. The zero-order valence-electron chi connectivity index (χ0n) is 30.2. The summed E-state index contributed by atoms with van der Waals surface area (Å²) < 4.78 is 5.56. The smallest absolute Gasteiger partial charge is 0.323 e. The monoisotopic (exact) mass is 698 g/mol. The highest BCUT2D eigenvalue weighted by Gasteiger charge is 2.26. The van der Waals surface area contributed by atoms with E-state index in [9.17, 15) is 14.4 Å². The van der Waals surface area contributed by atoms with Crippen molar-refractivity contribution < 1.29 is 19.1 Å². The van der Waals surface area contributed by atoms with Crippen molar-refractivity contribution in [3.8, 4) is 11.4 Å². The SMILES string of the molecule is CC(C)C(=O)N1CCCN(c2nc(-c3ccc(NC(=O)Nc4ccc(C(=O)N5CCC(N(C)C)CC5)cc4)cc3)nc(N3CCOCC3)n2)CC1. The number of carbonyl (C=O) groups excluding carboxylic acids is 3. The van der Waals surface area contributed by atoms with Crippen LogP contribution in [0.3, 0.4) is 0 Å². The van der Waals surface area contributed by atoms with Crippen LogP contribution in [0.2, 0.25) is 0 Å². The van der Waals surface area contributed by atoms with Crippen molar-refractivity contribution in [2.24, 2.45) is 5.92 Å². The van der Waals surface area contributed by atoms with Crippen LogP contribution in [0, 0.1) is 5.92 Å². The molecular weight excluding hydrogens is 648 g/mol. The Labute approximate surface area is 300 Å². The first-order valence-electron chi connectivity index (χ1n) is 18.0. The summed E-state index contributed by atoms with van der Waals surface area (Å²) in [5.41, 5.74) is 2.59. The highest BCUT2D eigenvalue weighted by molar-refractivity contribution is 6.00. The number of ether oxygens (including phenoxy) is 1. The summed E-state index contributed by atoms with van der Waals surface area (Å²) in [5, 5.41) is 5.73. The standard InChI is InChI=1S/C37H50N10O4/c1-26(2)33(48)44-16-5-17-46(21-20-44)35-40-32(41-36(42-35)47-22-24-51-25-23-47)27-6-10-29(11-7-27)38-37(50)39-30-12-8-28(9-13-30)34(49)45-18-14-31(15-19-45)43(3)4/h6-13,26,31H,5,14-25H2,1-4H3,(H2,38,39,50). The van der Waals surface area contributed by atoms with E-state index in [-0.39, 0.29) is 17.7 Å². The van der Waals surface area contributed by atoms with E-state index in [1.54, 1.807) is 24.3 Å². The number of amides is 4. The quantitative estimate of drug-likeness (QED) is 0.357. The number of rotatable bonds is 8. The molecule has 2 aromatic carbocycles. The second kappa shape index (κ2) is 16.5. The lowest BCUT2D eigenvalue weighted by molar-refractivity contribution is -0.134. The fourth-order valence-electron chi connectivity index (χ4n) is 6.69. The van der Waals surface area contributed by atoms with Crippen LogP contribution in [0.15, 0.2) is 48.5 Å². The van der Waals surface area contributed by atoms with Gasteiger partial charge < -0.3 is 39.9 Å². The zero-order chi connectivity index (χ0) is 35.9. The highest BCUT2D eigenvalue weighted by atomic mass is 16.5. The predicted molar refractivity (Wildman–Crippen MR) is 198 cm³/mol. The molecule has 0 aliphatic carbocycles. The van der Waals surface area contributed by atoms with Gasteiger partial charge in [0.25, 0.3) is 5.91 Å². The zero-order valence-corrected chi connectivity index (χ0v) is 30.2. The van der Waals surface area contributed by atoms with Crippen molar-refractivity contribution in [1.82, 2.24) is 29.7 Å². The average Bonchev–Trinajstić information content (AvgIpc) is 3.41. The van der Waals surface area contributed by atoms with Crippen LogP contribution in [-0.4, -0.2) is 133 Å². The Morgan fingerprint density at radius 3 is 1.90 bits per heavy atom. The Balaban J connectivity index is 1.09. The minimum Gasteiger partial charge on any atom is -0.378 e. The van der Waals surface area contributed by atoms with Gasteiger partial charge in [0.05, 0.1) is 13.2 Å². The van der Waals surface area contributed by atoms with Gasteiger partial charge in [-0.25, -0.2) is 4.79 Å². The summed E-state index contributed by atoms with van der Waals surface area (Å²) >= 11 is 0. The third kappa shape index (κ3) is 9.11. The van der Waals surface area contributed by atoms with Crippen molar-refractivity contribution in [3.63, 3.8) is 0 Å². The second-order valence-corrected chi connectivity index (χ2v) is 13.9. The van der Waals surface area contributed by atoms with Crippen LogP contribution >= 0.6 is 0 Å². The molecular formula is C37H50N10O4. The Bertz CT molecular complexity index is 1650. The normalized spacial score (nSPS) is 17.5. The van der Waals surface area contributed by atoms with Gasteiger partial charge in [0, 0.05) is 86.8 Å². The predicted octanol–water partition coefficient (Wildman–Crippen LogP) is 3.88. The van der Waals surface area contributed by atoms with Crippen molar-refractivity contribution in [1.29, 1.82) is 0 Å². The van der Waals surface area contributed by atoms with Crippen molar-refractivity contribution >= 4 is 41.1 Å². The molecule has 0 saturated carbocycles. The number of carbonyl (C=O) groups is 3. The van der Waals surface area contributed by atoms with E-state index in [1.165, 1.54) is 0 Å². The summed E-state index contributed by atoms with van der Waals surface area (Å²) in [6.07, 6.45) is 2.76. The lowest BCUT2D eigenvalue weighted by atomic mass is 10.0. The average molecular weight is 699 g/mol. The Kier molecular flexibility index (Phi) is 11.6. The molecule has 272 valence electrons. The van der Waals surface area contributed by atoms with Gasteiger partial charge in [-0.05, 0) is 81.9 Å². The number of likely N-dealkylation sites (tertiary alicyclic amines) is 1. The molecule has 14 nitrogen and oxygen atoms in total. The molecule has 6 rings (SSSR count). The lowest BCUT2D eigenvalue weighted by Crippen LogP contribution is -2.44. The molecule has 0 spiro atoms. The fraction of sp³-hybridized carbons (Fsp3) is 0.514. The molecule has 3 aromatic rings. The molecule has 0 radical (unpaired) electrons. The van der Waals surface area contributed by atoms with E-state index in [0.29, 0.717) is 86.6 Å². The summed E-state index contributed by atoms with van der Waals surface area (Å²) in [6.45, 7) is 10.6. The maximum atomic E-state index is 13.0. The summed E-state index contributed by atoms with van der Waals surface area (Å²) in [7, 11) is 4.16. The van der Waals surface area contributed by atoms with E-state index in [2.05, 4.69) is 39.4 Å². The lowest BCUT2D eigenvalue weighted by Gasteiger charge is -2.35. The third-order valence-corrected chi connectivity index (χ3v) is 9.76. The van der Waals surface area contributed by atoms with Gasteiger partial charge in [0.1, 0.15) is 0 Å². The van der Waals surface area contributed by atoms with Gasteiger partial charge in [0.2, 0.25) is 17.8 Å². The molecule has 1 aromatic heterocycles. The van der Waals surface area contributed by atoms with Crippen LogP contribution in [0.1, 0.15) is 43.5 Å². The van der Waals surface area contributed by atoms with E-state index in [0.717, 1.165) is 44.5 Å². The number of hydrogen-bond acceptors (Lipinski definition) is 10. The first-order valence-corrected chi connectivity index (χ1v) is 18.0. The topological polar surface area (TPSA) is 139 Å². The van der Waals surface area contributed by atoms with Crippen LogP contribution < -0.4 is 20.4 Å². The van der Waals surface area contributed by atoms with Gasteiger partial charge in [-0.15, -0.1) is 0 Å². The van der Waals surface area contributed by atoms with Crippen molar-refractivity contribution in [3.05, 3.63) is 54.1 Å². The number of nitrogens with one attached hydrogen (secondary N) is 2. The van der Waals surface area contributed by atoms with E-state index >= 15 is 0 Å². The Morgan fingerprint density at radius 1 is 0.725 bits per heavy atom. The summed E-state index contributed by atoms with van der Waals surface area (Å²) in [5.74, 6) is 1.86. The van der Waals surface area contributed by atoms with Crippen molar-refractivity contribution in [2.45, 2.75) is 39.2 Å². The minimum absolute atomic E-state index is 0.0156. The first kappa shape index (κ1) is 36.0. The molecule has 3 aliphatic heterocycles. The third-order valence-electron chi connectivity index (χ3n) is 9.76. The number of piperidine rings is 1. The molecule has 4 heterocycles. The molecule has 3 aliphatic rings. The summed E-state index contributed by atoms with van der Waals surface area (Å²) in [4.78, 5) is 63.5. The molecule has 0 atom stereocenters. The van der Waals surface area contributed by atoms with Crippen LogP contribution in [0.5, 0.6) is 0 Å². The largest absolute Gasteiger partial charge is 0.378 e. The van der Waals surface area contributed by atoms with E-state index in [4.69, 9.17) is 19.7 Å². The Hall–Kier alpha value is -4.82. The first-order chi connectivity index (χ1) is 24.6. The summed E-state index contributed by atoms with van der Waals surface area (Å²) in [6, 6.07) is 14.5. The second-order valence-electron chi connectivity index (χ2n) is 13.9. The number of aromatic nitrogens is 3. The molecule has 0 bridgehead atoms. The molecule has 0 unspecified atom stereocenters. The van der Waals surface area contributed by atoms with E-state index < -0.39 is 6.03 Å². The minimum atomic E-state index is -0.393. The number of nitrogens with zero attached hydrogens (tertiary/aromatic N) is 8. The van der Waals surface area contributed by atoms with Crippen LogP contribution in [-0.2, 0) is 9.53 Å². The molecule has 14 heteroatoms. The number of hydrogen-bond donors (Lipinski definition) is 2. The number of urea groups is 1. The maximum Gasteiger partial charge on any atom is 0.323 e. The molecule has 3 saturated heterocycles. The highest BCUT2D eigenvalue weighted by Crippen LogP contribution is 2.25. The van der Waals surface area contributed by atoms with Crippen LogP contribution in [0.4, 0.5) is 28.1 Å². The van der Waals surface area contributed by atoms with Crippen molar-refractivity contribution in [2.75, 3.05) is 100 Å². The van der Waals surface area contributed by atoms with Gasteiger partial charge in [-0.2, -0.15) is 15.0 Å². The molecule has 2 N–H and O–H groups in total. The van der Waals surface area contributed by atoms with Gasteiger partial charge in [0.15, 0.2) is 5.82 Å². The van der Waals surface area contributed by atoms with Crippen LogP contribution in [0.25, 0.3) is 11.4 Å².